The van der Waals surface area contributed by atoms with Crippen molar-refractivity contribution in [2.45, 2.75) is 25.8 Å². The lowest BCUT2D eigenvalue weighted by Gasteiger charge is -2.14. The molecule has 0 radical (unpaired) electrons. The molecule has 1 atom stereocenters. The Morgan fingerprint density at radius 2 is 1.93 bits per heavy atom. The summed E-state index contributed by atoms with van der Waals surface area (Å²) in [5, 5.41) is 0. The fraction of sp³-hybridized carbons (Fsp3) is 0.455. The number of benzene rings is 1. The molecule has 2 N–H and O–H groups in total. The fourth-order valence-corrected chi connectivity index (χ4v) is 1.67. The van der Waals surface area contributed by atoms with Crippen molar-refractivity contribution in [3.05, 3.63) is 34.9 Å². The van der Waals surface area contributed by atoms with Gasteiger partial charge in [0.05, 0.1) is 0 Å². The van der Waals surface area contributed by atoms with E-state index in [0.29, 0.717) is 5.56 Å². The lowest BCUT2D eigenvalue weighted by atomic mass is 10.00. The van der Waals surface area contributed by atoms with Gasteiger partial charge in [-0.25, -0.2) is 8.78 Å². The summed E-state index contributed by atoms with van der Waals surface area (Å²) in [6.07, 6.45) is 1.96. The van der Waals surface area contributed by atoms with Crippen LogP contribution < -0.4 is 5.73 Å². The van der Waals surface area contributed by atoms with Gasteiger partial charge in [-0.3, -0.25) is 0 Å². The first-order valence-electron chi connectivity index (χ1n) is 4.81. The molecule has 1 fully saturated rings. The number of hydrogen-bond acceptors (Lipinski definition) is 1. The van der Waals surface area contributed by atoms with Crippen molar-refractivity contribution in [1.29, 1.82) is 0 Å². The maximum Gasteiger partial charge on any atom is 0.133 e. The molecule has 1 aliphatic rings. The minimum atomic E-state index is -0.521. The van der Waals surface area contributed by atoms with Crippen LogP contribution in [0.2, 0.25) is 0 Å². The van der Waals surface area contributed by atoms with Gasteiger partial charge in [-0.2, -0.15) is 0 Å². The third-order valence-corrected chi connectivity index (χ3v) is 2.78. The normalized spacial score (nSPS) is 17.1. The average molecular weight is 234 g/mol. The molecule has 4 heteroatoms. The monoisotopic (exact) mass is 233 g/mol. The summed E-state index contributed by atoms with van der Waals surface area (Å²) < 4.78 is 26.9. The fourth-order valence-electron chi connectivity index (χ4n) is 1.67. The smallest absolute Gasteiger partial charge is 0.133 e. The molecule has 1 aliphatic carbocycles. The Bertz CT molecular complexity index is 364. The second-order valence-electron chi connectivity index (χ2n) is 3.96. The van der Waals surface area contributed by atoms with Gasteiger partial charge < -0.3 is 5.73 Å². The molecule has 15 heavy (non-hydrogen) atoms. The summed E-state index contributed by atoms with van der Waals surface area (Å²) >= 11 is 0. The van der Waals surface area contributed by atoms with Gasteiger partial charge in [0, 0.05) is 11.6 Å². The zero-order valence-corrected chi connectivity index (χ0v) is 9.28. The lowest BCUT2D eigenvalue weighted by Crippen LogP contribution is -2.16. The summed E-state index contributed by atoms with van der Waals surface area (Å²) in [4.78, 5) is 0. The topological polar surface area (TPSA) is 26.0 Å². The number of hydrogen-bond donors (Lipinski definition) is 1. The summed E-state index contributed by atoms with van der Waals surface area (Å²) in [7, 11) is 0. The molecule has 1 saturated carbocycles. The molecule has 0 bridgehead atoms. The van der Waals surface area contributed by atoms with Crippen molar-refractivity contribution in [2.75, 3.05) is 0 Å². The van der Waals surface area contributed by atoms with Crippen LogP contribution >= 0.6 is 12.4 Å². The third kappa shape index (κ3) is 2.29. The quantitative estimate of drug-likeness (QED) is 0.835. The average Bonchev–Trinajstić information content (AvgIpc) is 2.95. The van der Waals surface area contributed by atoms with Crippen LogP contribution in [-0.4, -0.2) is 0 Å². The highest BCUT2D eigenvalue weighted by molar-refractivity contribution is 5.85. The van der Waals surface area contributed by atoms with Crippen LogP contribution in [0, 0.1) is 24.5 Å². The minimum Gasteiger partial charge on any atom is -0.324 e. The van der Waals surface area contributed by atoms with Gasteiger partial charge in [-0.15, -0.1) is 12.4 Å². The Kier molecular flexibility index (Phi) is 3.68. The van der Waals surface area contributed by atoms with Crippen LogP contribution in [0.4, 0.5) is 8.78 Å². The summed E-state index contributed by atoms with van der Waals surface area (Å²) in [5.74, 6) is -0.738. The van der Waals surface area contributed by atoms with Crippen molar-refractivity contribution < 1.29 is 8.78 Å². The SMILES string of the molecule is Cc1ccc(F)c([C@H](N)C2CC2)c1F.Cl. The van der Waals surface area contributed by atoms with Crippen molar-refractivity contribution in [2.24, 2.45) is 11.7 Å². The zero-order chi connectivity index (χ0) is 10.3. The molecule has 1 aromatic carbocycles. The Labute approximate surface area is 94.1 Å². The third-order valence-electron chi connectivity index (χ3n) is 2.78. The maximum atomic E-state index is 13.6. The summed E-state index contributed by atoms with van der Waals surface area (Å²) in [6, 6.07) is 2.25. The van der Waals surface area contributed by atoms with Gasteiger partial charge >= 0.3 is 0 Å². The van der Waals surface area contributed by atoms with E-state index in [-0.39, 0.29) is 23.9 Å². The highest BCUT2D eigenvalue weighted by Gasteiger charge is 2.33. The molecule has 1 nitrogen and oxygen atoms in total. The van der Waals surface area contributed by atoms with E-state index in [9.17, 15) is 8.78 Å². The van der Waals surface area contributed by atoms with Gasteiger partial charge in [0.15, 0.2) is 0 Å². The molecule has 0 aliphatic heterocycles. The Balaban J connectivity index is 0.00000112. The number of rotatable bonds is 2. The van der Waals surface area contributed by atoms with Crippen molar-refractivity contribution in [3.63, 3.8) is 0 Å². The molecule has 0 unspecified atom stereocenters. The van der Waals surface area contributed by atoms with E-state index < -0.39 is 17.7 Å². The highest BCUT2D eigenvalue weighted by atomic mass is 35.5. The summed E-state index contributed by atoms with van der Waals surface area (Å²) in [5.41, 5.74) is 6.31. The van der Waals surface area contributed by atoms with Crippen molar-refractivity contribution in [1.82, 2.24) is 0 Å². The largest absolute Gasteiger partial charge is 0.324 e. The molecular weight excluding hydrogens is 220 g/mol. The second kappa shape index (κ2) is 4.45. The van der Waals surface area contributed by atoms with Gasteiger partial charge in [0.2, 0.25) is 0 Å². The minimum absolute atomic E-state index is 0. The van der Waals surface area contributed by atoms with Gasteiger partial charge in [-0.1, -0.05) is 6.07 Å². The molecule has 0 amide bonds. The molecule has 1 aromatic rings. The van der Waals surface area contributed by atoms with Crippen LogP contribution in [-0.2, 0) is 0 Å². The zero-order valence-electron chi connectivity index (χ0n) is 8.47. The van der Waals surface area contributed by atoms with E-state index in [1.54, 1.807) is 6.92 Å². The van der Waals surface area contributed by atoms with Crippen molar-refractivity contribution >= 4 is 12.4 Å². The van der Waals surface area contributed by atoms with Gasteiger partial charge in [-0.05, 0) is 37.3 Å². The number of halogens is 3. The van der Waals surface area contributed by atoms with Crippen LogP contribution in [0.3, 0.4) is 0 Å². The predicted molar refractivity (Wildman–Crippen MR) is 58.0 cm³/mol. The highest BCUT2D eigenvalue weighted by Crippen LogP contribution is 2.41. The van der Waals surface area contributed by atoms with E-state index >= 15 is 0 Å². The standard InChI is InChI=1S/C11H13F2N.ClH/c1-6-2-5-8(12)9(10(6)13)11(14)7-3-4-7;/h2,5,7,11H,3-4,14H2,1H3;1H/t11-;/m1./s1. The lowest BCUT2D eigenvalue weighted by molar-refractivity contribution is 0.500. The van der Waals surface area contributed by atoms with Crippen LogP contribution in [0.5, 0.6) is 0 Å². The molecule has 0 aromatic heterocycles. The summed E-state index contributed by atoms with van der Waals surface area (Å²) in [6.45, 7) is 1.62. The van der Waals surface area contributed by atoms with E-state index in [1.807, 2.05) is 0 Å². The first-order chi connectivity index (χ1) is 6.61. The Morgan fingerprint density at radius 3 is 2.47 bits per heavy atom. The molecule has 0 spiro atoms. The van der Waals surface area contributed by atoms with Gasteiger partial charge in [0.1, 0.15) is 11.6 Å². The molecule has 0 saturated heterocycles. The van der Waals surface area contributed by atoms with E-state index in [4.69, 9.17) is 5.73 Å². The number of aryl methyl sites for hydroxylation is 1. The first-order valence-corrected chi connectivity index (χ1v) is 4.81. The van der Waals surface area contributed by atoms with E-state index in [0.717, 1.165) is 12.8 Å². The molecule has 2 rings (SSSR count). The second-order valence-corrected chi connectivity index (χ2v) is 3.96. The van der Waals surface area contributed by atoms with E-state index in [1.165, 1.54) is 12.1 Å². The first kappa shape index (κ1) is 12.4. The molecule has 0 heterocycles. The molecular formula is C11H14ClF2N. The Hall–Kier alpha value is -0.670. The van der Waals surface area contributed by atoms with Gasteiger partial charge in [0.25, 0.3) is 0 Å². The number of nitrogens with two attached hydrogens (primary N) is 1. The Morgan fingerprint density at radius 1 is 1.33 bits per heavy atom. The maximum absolute atomic E-state index is 13.6. The van der Waals surface area contributed by atoms with Crippen LogP contribution in [0.15, 0.2) is 12.1 Å². The van der Waals surface area contributed by atoms with E-state index in [2.05, 4.69) is 0 Å². The van der Waals surface area contributed by atoms with Crippen molar-refractivity contribution in [3.8, 4) is 0 Å². The van der Waals surface area contributed by atoms with Crippen LogP contribution in [0.25, 0.3) is 0 Å². The predicted octanol–water partition coefficient (Wildman–Crippen LogP) is 3.10. The van der Waals surface area contributed by atoms with Crippen LogP contribution in [0.1, 0.15) is 30.0 Å². The molecule has 84 valence electrons.